The molecule has 1 aliphatic rings. The maximum absolute atomic E-state index is 12.2. The molecule has 2 rings (SSSR count). The molecule has 6 heteroatoms. The summed E-state index contributed by atoms with van der Waals surface area (Å²) in [6.45, 7) is 4.44. The van der Waals surface area contributed by atoms with Crippen LogP contribution in [0.1, 0.15) is 43.5 Å². The zero-order valence-electron chi connectivity index (χ0n) is 12.4. The van der Waals surface area contributed by atoms with Crippen LogP contribution in [-0.4, -0.2) is 23.4 Å². The van der Waals surface area contributed by atoms with Gasteiger partial charge in [-0.05, 0) is 44.7 Å². The molecule has 21 heavy (non-hydrogen) atoms. The molecule has 1 saturated carbocycles. The predicted octanol–water partition coefficient (Wildman–Crippen LogP) is 2.95. The zero-order valence-corrected chi connectivity index (χ0v) is 12.4. The lowest BCUT2D eigenvalue weighted by Gasteiger charge is -2.31. The van der Waals surface area contributed by atoms with E-state index in [1.165, 1.54) is 12.5 Å². The monoisotopic (exact) mass is 291 g/mol. The summed E-state index contributed by atoms with van der Waals surface area (Å²) in [7, 11) is 0. The van der Waals surface area contributed by atoms with Crippen LogP contribution in [0.15, 0.2) is 18.2 Å². The number of nitro groups is 1. The fraction of sp³-hybridized carbons (Fsp3) is 0.533. The molecule has 1 aromatic carbocycles. The Labute approximate surface area is 124 Å². The van der Waals surface area contributed by atoms with Crippen LogP contribution in [0.4, 0.5) is 11.4 Å². The Balaban J connectivity index is 2.13. The van der Waals surface area contributed by atoms with Gasteiger partial charge in [-0.25, -0.2) is 0 Å². The minimum Gasteiger partial charge on any atom is -0.380 e. The molecule has 114 valence electrons. The molecular formula is C15H21N3O3. The summed E-state index contributed by atoms with van der Waals surface area (Å²) in [5.74, 6) is 0.283. The molecule has 1 atom stereocenters. The lowest BCUT2D eigenvalue weighted by Crippen LogP contribution is -2.40. The first kappa shape index (κ1) is 15.3. The van der Waals surface area contributed by atoms with E-state index in [9.17, 15) is 14.9 Å². The number of amides is 1. The molecule has 0 aliphatic heterocycles. The van der Waals surface area contributed by atoms with Gasteiger partial charge in [0.25, 0.3) is 11.6 Å². The fourth-order valence-corrected chi connectivity index (χ4v) is 2.51. The number of nitro benzene ring substituents is 1. The van der Waals surface area contributed by atoms with Gasteiger partial charge in [-0.15, -0.1) is 0 Å². The van der Waals surface area contributed by atoms with Crippen molar-refractivity contribution in [2.24, 2.45) is 5.92 Å². The molecule has 1 aromatic rings. The van der Waals surface area contributed by atoms with Gasteiger partial charge in [0.2, 0.25) is 0 Å². The van der Waals surface area contributed by atoms with E-state index in [0.29, 0.717) is 23.7 Å². The second kappa shape index (κ2) is 6.56. The van der Waals surface area contributed by atoms with Crippen molar-refractivity contribution in [2.45, 2.75) is 39.2 Å². The van der Waals surface area contributed by atoms with Gasteiger partial charge < -0.3 is 10.6 Å². The lowest BCUT2D eigenvalue weighted by molar-refractivity contribution is -0.384. The van der Waals surface area contributed by atoms with E-state index < -0.39 is 4.92 Å². The van der Waals surface area contributed by atoms with Crippen molar-refractivity contribution in [3.05, 3.63) is 33.9 Å². The van der Waals surface area contributed by atoms with Crippen LogP contribution >= 0.6 is 0 Å². The fourth-order valence-electron chi connectivity index (χ4n) is 2.51. The summed E-state index contributed by atoms with van der Waals surface area (Å²) >= 11 is 0. The van der Waals surface area contributed by atoms with Crippen molar-refractivity contribution in [1.29, 1.82) is 0 Å². The third-order valence-corrected chi connectivity index (χ3v) is 4.04. The topological polar surface area (TPSA) is 84.3 Å². The Morgan fingerprint density at radius 3 is 2.71 bits per heavy atom. The average Bonchev–Trinajstić information content (AvgIpc) is 2.36. The first-order valence-electron chi connectivity index (χ1n) is 7.36. The number of hydrogen-bond acceptors (Lipinski definition) is 4. The van der Waals surface area contributed by atoms with Crippen LogP contribution in [0, 0.1) is 16.0 Å². The van der Waals surface area contributed by atoms with Crippen molar-refractivity contribution < 1.29 is 9.72 Å². The summed E-state index contributed by atoms with van der Waals surface area (Å²) in [6.07, 6.45) is 3.50. The van der Waals surface area contributed by atoms with Gasteiger partial charge in [0.15, 0.2) is 0 Å². The van der Waals surface area contributed by atoms with E-state index in [1.807, 2.05) is 13.8 Å². The second-order valence-corrected chi connectivity index (χ2v) is 5.47. The van der Waals surface area contributed by atoms with Crippen molar-refractivity contribution in [1.82, 2.24) is 5.32 Å². The van der Waals surface area contributed by atoms with Crippen molar-refractivity contribution >= 4 is 17.3 Å². The number of rotatable bonds is 6. The van der Waals surface area contributed by atoms with Gasteiger partial charge in [-0.3, -0.25) is 14.9 Å². The summed E-state index contributed by atoms with van der Waals surface area (Å²) < 4.78 is 0. The molecule has 0 saturated heterocycles. The van der Waals surface area contributed by atoms with Gasteiger partial charge in [-0.2, -0.15) is 0 Å². The molecule has 0 radical (unpaired) electrons. The average molecular weight is 291 g/mol. The minimum absolute atomic E-state index is 0.0687. The van der Waals surface area contributed by atoms with Crippen LogP contribution < -0.4 is 10.6 Å². The minimum atomic E-state index is -0.468. The second-order valence-electron chi connectivity index (χ2n) is 5.47. The third kappa shape index (κ3) is 3.51. The molecule has 1 amide bonds. The quantitative estimate of drug-likeness (QED) is 0.623. The highest BCUT2D eigenvalue weighted by atomic mass is 16.6. The molecule has 0 aromatic heterocycles. The maximum atomic E-state index is 12.2. The van der Waals surface area contributed by atoms with Gasteiger partial charge in [0, 0.05) is 24.2 Å². The smallest absolute Gasteiger partial charge is 0.293 e. The van der Waals surface area contributed by atoms with Crippen LogP contribution in [0.3, 0.4) is 0 Å². The van der Waals surface area contributed by atoms with Crippen LogP contribution in [0.2, 0.25) is 0 Å². The Morgan fingerprint density at radius 1 is 1.48 bits per heavy atom. The molecule has 0 spiro atoms. The van der Waals surface area contributed by atoms with Crippen molar-refractivity contribution in [3.63, 3.8) is 0 Å². The van der Waals surface area contributed by atoms with E-state index in [1.54, 1.807) is 12.1 Å². The molecule has 6 nitrogen and oxygen atoms in total. The standard InChI is InChI=1S/C15H21N3O3/c1-3-16-13-8-7-12(9-14(13)18(20)21)15(19)17-10(2)11-5-4-6-11/h7-11,16H,3-6H2,1-2H3,(H,17,19). The molecule has 0 heterocycles. The van der Waals surface area contributed by atoms with Crippen molar-refractivity contribution in [3.8, 4) is 0 Å². The summed E-state index contributed by atoms with van der Waals surface area (Å²) in [5, 5.41) is 17.0. The molecule has 0 bridgehead atoms. The highest BCUT2D eigenvalue weighted by Gasteiger charge is 2.26. The normalized spacial score (nSPS) is 15.9. The molecule has 1 unspecified atom stereocenters. The molecule has 1 fully saturated rings. The summed E-state index contributed by atoms with van der Waals surface area (Å²) in [5.41, 5.74) is 0.696. The maximum Gasteiger partial charge on any atom is 0.293 e. The Morgan fingerprint density at radius 2 is 2.19 bits per heavy atom. The molecule has 2 N–H and O–H groups in total. The highest BCUT2D eigenvalue weighted by molar-refractivity contribution is 5.95. The Hall–Kier alpha value is -2.11. The predicted molar refractivity (Wildman–Crippen MR) is 81.5 cm³/mol. The van der Waals surface area contributed by atoms with E-state index in [-0.39, 0.29) is 17.6 Å². The number of carbonyl (C=O) groups is 1. The zero-order chi connectivity index (χ0) is 15.4. The van der Waals surface area contributed by atoms with Gasteiger partial charge in [0.05, 0.1) is 4.92 Å². The Bertz CT molecular complexity index is 541. The number of benzene rings is 1. The van der Waals surface area contributed by atoms with Crippen LogP contribution in [0.5, 0.6) is 0 Å². The first-order valence-corrected chi connectivity index (χ1v) is 7.36. The van der Waals surface area contributed by atoms with Gasteiger partial charge in [0.1, 0.15) is 5.69 Å². The number of nitrogens with zero attached hydrogens (tertiary/aromatic N) is 1. The highest BCUT2D eigenvalue weighted by Crippen LogP contribution is 2.30. The lowest BCUT2D eigenvalue weighted by atomic mass is 9.80. The van der Waals surface area contributed by atoms with Crippen LogP contribution in [-0.2, 0) is 0 Å². The van der Waals surface area contributed by atoms with E-state index in [0.717, 1.165) is 12.8 Å². The van der Waals surface area contributed by atoms with E-state index >= 15 is 0 Å². The first-order chi connectivity index (χ1) is 10.0. The van der Waals surface area contributed by atoms with E-state index in [2.05, 4.69) is 10.6 Å². The largest absolute Gasteiger partial charge is 0.380 e. The summed E-state index contributed by atoms with van der Waals surface area (Å²) in [6, 6.07) is 4.65. The van der Waals surface area contributed by atoms with Gasteiger partial charge >= 0.3 is 0 Å². The SMILES string of the molecule is CCNc1ccc(C(=O)NC(C)C2CCC2)cc1[N+](=O)[O-]. The van der Waals surface area contributed by atoms with Crippen molar-refractivity contribution in [2.75, 3.05) is 11.9 Å². The number of anilines is 1. The van der Waals surface area contributed by atoms with E-state index in [4.69, 9.17) is 0 Å². The molecular weight excluding hydrogens is 270 g/mol. The third-order valence-electron chi connectivity index (χ3n) is 4.04. The number of hydrogen-bond donors (Lipinski definition) is 2. The van der Waals surface area contributed by atoms with Gasteiger partial charge in [-0.1, -0.05) is 6.42 Å². The summed E-state index contributed by atoms with van der Waals surface area (Å²) in [4.78, 5) is 22.8. The Kier molecular flexibility index (Phi) is 4.77. The number of carbonyl (C=O) groups excluding carboxylic acids is 1. The molecule has 1 aliphatic carbocycles. The number of nitrogens with one attached hydrogen (secondary N) is 2. The van der Waals surface area contributed by atoms with Crippen LogP contribution in [0.25, 0.3) is 0 Å².